The van der Waals surface area contributed by atoms with Gasteiger partial charge in [-0.1, -0.05) is 97.1 Å². The molecule has 3 aliphatic rings. The molecule has 6 rings (SSSR count). The Morgan fingerprint density at radius 2 is 1.28 bits per heavy atom. The van der Waals surface area contributed by atoms with E-state index in [1.54, 1.807) is 0 Å². The maximum atomic E-state index is 8.54. The molecule has 1 nitrogen and oxygen atoms in total. The molecule has 0 radical (unpaired) electrons. The zero-order chi connectivity index (χ0) is 19.4. The van der Waals surface area contributed by atoms with Gasteiger partial charge in [0, 0.05) is 24.0 Å². The number of nitrogens with one attached hydrogen (secondary N) is 1. The van der Waals surface area contributed by atoms with Crippen LogP contribution in [0.3, 0.4) is 0 Å². The summed E-state index contributed by atoms with van der Waals surface area (Å²) in [6, 6.07) is 26.0. The zero-order valence-electron chi connectivity index (χ0n) is 16.1. The summed E-state index contributed by atoms with van der Waals surface area (Å²) < 4.78 is 0. The van der Waals surface area contributed by atoms with Gasteiger partial charge in [0.05, 0.1) is 0 Å². The minimum absolute atomic E-state index is 0.189. The number of fused-ring (bicyclic) bond motifs is 3. The van der Waals surface area contributed by atoms with Gasteiger partial charge >= 0.3 is 0 Å². The summed E-state index contributed by atoms with van der Waals surface area (Å²) in [6.45, 7) is 0. The van der Waals surface area contributed by atoms with Crippen LogP contribution in [0.25, 0.3) is 33.4 Å². The van der Waals surface area contributed by atoms with E-state index in [1.807, 2.05) is 0 Å². The molecule has 0 aromatic heterocycles. The summed E-state index contributed by atoms with van der Waals surface area (Å²) in [4.78, 5) is 0. The number of hydrogen-bond acceptors (Lipinski definition) is 1. The summed E-state index contributed by atoms with van der Waals surface area (Å²) in [7, 11) is 0. The predicted molar refractivity (Wildman–Crippen MR) is 122 cm³/mol. The largest absolute Gasteiger partial charge is 0.309 e. The number of rotatable bonds is 2. The molecule has 0 saturated carbocycles. The van der Waals surface area contributed by atoms with Crippen LogP contribution in [-0.4, -0.2) is 5.71 Å². The van der Waals surface area contributed by atoms with Crippen molar-refractivity contribution in [1.82, 2.24) is 0 Å². The number of allylic oxidation sites excluding steroid dienone is 6. The highest BCUT2D eigenvalue weighted by Crippen LogP contribution is 2.57. The molecule has 1 heteroatoms. The highest BCUT2D eigenvalue weighted by Gasteiger charge is 2.43. The fraction of sp³-hybridized carbons (Fsp3) is 0.107. The summed E-state index contributed by atoms with van der Waals surface area (Å²) in [5.41, 5.74) is 11.5. The van der Waals surface area contributed by atoms with Crippen molar-refractivity contribution < 1.29 is 0 Å². The van der Waals surface area contributed by atoms with Gasteiger partial charge in [-0.25, -0.2) is 0 Å². The lowest BCUT2D eigenvalue weighted by Crippen LogP contribution is -2.25. The van der Waals surface area contributed by atoms with Crippen LogP contribution in [0.4, 0.5) is 0 Å². The number of hydrogen-bond donors (Lipinski definition) is 1. The van der Waals surface area contributed by atoms with Crippen LogP contribution in [0.1, 0.15) is 17.5 Å². The van der Waals surface area contributed by atoms with Gasteiger partial charge in [0.1, 0.15) is 0 Å². The molecule has 3 aliphatic carbocycles. The van der Waals surface area contributed by atoms with E-state index in [9.17, 15) is 0 Å². The van der Waals surface area contributed by atoms with Gasteiger partial charge in [-0.2, -0.15) is 0 Å². The average Bonchev–Trinajstić information content (AvgIpc) is 3.13. The molecule has 0 spiro atoms. The van der Waals surface area contributed by atoms with Crippen LogP contribution in [0.2, 0.25) is 0 Å². The lowest BCUT2D eigenvalue weighted by molar-refractivity contribution is 0.724. The molecule has 2 unspecified atom stereocenters. The van der Waals surface area contributed by atoms with Gasteiger partial charge in [-0.05, 0) is 44.5 Å². The third kappa shape index (κ3) is 2.37. The summed E-state index contributed by atoms with van der Waals surface area (Å²) in [5, 5.41) is 8.54. The van der Waals surface area contributed by atoms with Crippen LogP contribution in [-0.2, 0) is 0 Å². The SMILES string of the molecule is N=C1CC=C2c3c(-c4ccccc4)ccc(-c4ccccc4)c3C3=CC=CC1C32. The smallest absolute Gasteiger partial charge is 0.0261 e. The molecular formula is C28H21N. The molecular weight excluding hydrogens is 350 g/mol. The first-order valence-corrected chi connectivity index (χ1v) is 10.3. The van der Waals surface area contributed by atoms with Crippen molar-refractivity contribution in [2.75, 3.05) is 0 Å². The van der Waals surface area contributed by atoms with Gasteiger partial charge in [-0.15, -0.1) is 0 Å². The highest BCUT2D eigenvalue weighted by molar-refractivity contribution is 6.10. The molecule has 1 N–H and O–H groups in total. The summed E-state index contributed by atoms with van der Waals surface area (Å²) in [6.07, 6.45) is 9.72. The van der Waals surface area contributed by atoms with E-state index in [-0.39, 0.29) is 11.8 Å². The van der Waals surface area contributed by atoms with Crippen molar-refractivity contribution in [1.29, 1.82) is 5.41 Å². The minimum atomic E-state index is 0.189. The van der Waals surface area contributed by atoms with Gasteiger partial charge in [0.15, 0.2) is 0 Å². The molecule has 0 bridgehead atoms. The second-order valence-corrected chi connectivity index (χ2v) is 8.04. The van der Waals surface area contributed by atoms with Gasteiger partial charge < -0.3 is 5.41 Å². The third-order valence-electron chi connectivity index (χ3n) is 6.52. The Bertz CT molecular complexity index is 1230. The van der Waals surface area contributed by atoms with Gasteiger partial charge in [-0.3, -0.25) is 0 Å². The molecule has 2 atom stereocenters. The molecule has 0 saturated heterocycles. The van der Waals surface area contributed by atoms with E-state index in [2.05, 4.69) is 97.1 Å². The fourth-order valence-electron chi connectivity index (χ4n) is 5.26. The van der Waals surface area contributed by atoms with Crippen LogP contribution < -0.4 is 0 Å². The molecule has 138 valence electrons. The molecule has 3 aromatic carbocycles. The van der Waals surface area contributed by atoms with Crippen LogP contribution in [0, 0.1) is 17.2 Å². The molecule has 3 aromatic rings. The quantitative estimate of drug-likeness (QED) is 0.500. The Kier molecular flexibility index (Phi) is 3.57. The normalized spacial score (nSPS) is 21.3. The van der Waals surface area contributed by atoms with Crippen LogP contribution >= 0.6 is 0 Å². The van der Waals surface area contributed by atoms with E-state index < -0.39 is 0 Å². The maximum Gasteiger partial charge on any atom is 0.0261 e. The first-order valence-electron chi connectivity index (χ1n) is 10.3. The van der Waals surface area contributed by atoms with E-state index in [4.69, 9.17) is 5.41 Å². The predicted octanol–water partition coefficient (Wildman–Crippen LogP) is 7.03. The van der Waals surface area contributed by atoms with Gasteiger partial charge in [0.25, 0.3) is 0 Å². The topological polar surface area (TPSA) is 23.9 Å². The molecule has 0 amide bonds. The molecule has 0 heterocycles. The molecule has 0 aliphatic heterocycles. The minimum Gasteiger partial charge on any atom is -0.309 e. The second-order valence-electron chi connectivity index (χ2n) is 8.04. The van der Waals surface area contributed by atoms with E-state index in [0.29, 0.717) is 0 Å². The van der Waals surface area contributed by atoms with E-state index >= 15 is 0 Å². The Balaban J connectivity index is 1.70. The first-order chi connectivity index (χ1) is 14.3. The van der Waals surface area contributed by atoms with Crippen molar-refractivity contribution in [2.45, 2.75) is 6.42 Å². The van der Waals surface area contributed by atoms with Crippen LogP contribution in [0.15, 0.2) is 97.1 Å². The van der Waals surface area contributed by atoms with Crippen molar-refractivity contribution in [3.8, 4) is 22.3 Å². The fourth-order valence-corrected chi connectivity index (χ4v) is 5.26. The second kappa shape index (κ2) is 6.28. The average molecular weight is 371 g/mol. The van der Waals surface area contributed by atoms with E-state index in [0.717, 1.165) is 12.1 Å². The van der Waals surface area contributed by atoms with Crippen molar-refractivity contribution >= 4 is 16.9 Å². The molecule has 29 heavy (non-hydrogen) atoms. The Labute approximate surface area is 171 Å². The summed E-state index contributed by atoms with van der Waals surface area (Å²) >= 11 is 0. The van der Waals surface area contributed by atoms with Gasteiger partial charge in [0.2, 0.25) is 0 Å². The van der Waals surface area contributed by atoms with E-state index in [1.165, 1.54) is 44.5 Å². The maximum absolute atomic E-state index is 8.54. The lowest BCUT2D eigenvalue weighted by Gasteiger charge is -2.30. The summed E-state index contributed by atoms with van der Waals surface area (Å²) in [5.74, 6) is 0.471. The van der Waals surface area contributed by atoms with Crippen molar-refractivity contribution in [3.63, 3.8) is 0 Å². The first kappa shape index (κ1) is 16.5. The lowest BCUT2D eigenvalue weighted by atomic mass is 9.73. The Morgan fingerprint density at radius 1 is 0.690 bits per heavy atom. The standard InChI is InChI=1S/C28H21N/c29-25-17-16-24-26-22(25)12-7-13-23(26)27-20(18-8-3-1-4-9-18)14-15-21(28(24)27)19-10-5-2-6-11-19/h1-16,22,26,29H,17H2. The highest BCUT2D eigenvalue weighted by atomic mass is 14.5. The Morgan fingerprint density at radius 3 is 1.90 bits per heavy atom. The third-order valence-corrected chi connectivity index (χ3v) is 6.52. The van der Waals surface area contributed by atoms with Crippen molar-refractivity contribution in [3.05, 3.63) is 108 Å². The number of benzene rings is 3. The van der Waals surface area contributed by atoms with Crippen LogP contribution in [0.5, 0.6) is 0 Å². The zero-order valence-corrected chi connectivity index (χ0v) is 16.1. The molecule has 0 fully saturated rings. The monoisotopic (exact) mass is 371 g/mol. The Hall–Kier alpha value is -3.45. The van der Waals surface area contributed by atoms with Crippen molar-refractivity contribution in [2.24, 2.45) is 11.8 Å².